The Morgan fingerprint density at radius 1 is 1.46 bits per heavy atom. The summed E-state index contributed by atoms with van der Waals surface area (Å²) in [6.45, 7) is 3.43. The van der Waals surface area contributed by atoms with Gasteiger partial charge in [0, 0.05) is 25.0 Å². The van der Waals surface area contributed by atoms with E-state index in [4.69, 9.17) is 5.73 Å². The van der Waals surface area contributed by atoms with Gasteiger partial charge in [0.25, 0.3) is 0 Å². The Morgan fingerprint density at radius 2 is 2.23 bits per heavy atom. The first-order valence-electron chi connectivity index (χ1n) is 4.76. The number of hydrogen-bond acceptors (Lipinski definition) is 2. The number of nitrogen functional groups attached to an aromatic ring is 1. The average molecular weight is 176 g/mol. The minimum absolute atomic E-state index is 0.735. The van der Waals surface area contributed by atoms with Gasteiger partial charge in [-0.25, -0.2) is 0 Å². The highest BCUT2D eigenvalue weighted by Gasteiger charge is 2.18. The predicted octanol–water partition coefficient (Wildman–Crippen LogP) is 1.90. The zero-order valence-electron chi connectivity index (χ0n) is 8.25. The zero-order valence-corrected chi connectivity index (χ0v) is 8.25. The molecule has 1 aromatic carbocycles. The van der Waals surface area contributed by atoms with Gasteiger partial charge < -0.3 is 10.6 Å². The van der Waals surface area contributed by atoms with E-state index in [1.54, 1.807) is 0 Å². The molecular weight excluding hydrogens is 160 g/mol. The summed E-state index contributed by atoms with van der Waals surface area (Å²) in [6.07, 6.45) is 1.16. The second kappa shape index (κ2) is 2.95. The number of fused-ring (bicyclic) bond motifs is 1. The molecule has 0 saturated heterocycles. The quantitative estimate of drug-likeness (QED) is 0.612. The molecule has 1 aliphatic heterocycles. The Labute approximate surface area is 79.4 Å². The van der Waals surface area contributed by atoms with Gasteiger partial charge in [-0.1, -0.05) is 6.92 Å². The maximum absolute atomic E-state index is 5.75. The van der Waals surface area contributed by atoms with E-state index < -0.39 is 0 Å². The van der Waals surface area contributed by atoms with Gasteiger partial charge in [0.1, 0.15) is 0 Å². The molecule has 0 bridgehead atoms. The molecule has 0 aliphatic carbocycles. The second-order valence-corrected chi connectivity index (χ2v) is 4.08. The van der Waals surface area contributed by atoms with Crippen molar-refractivity contribution in [2.24, 2.45) is 5.92 Å². The van der Waals surface area contributed by atoms with Crippen LogP contribution in [0.4, 0.5) is 11.4 Å². The maximum atomic E-state index is 5.75. The molecule has 1 aliphatic rings. The molecule has 2 nitrogen and oxygen atoms in total. The third-order valence-electron chi connectivity index (χ3n) is 2.67. The lowest BCUT2D eigenvalue weighted by atomic mass is 9.94. The first-order chi connectivity index (χ1) is 6.16. The van der Waals surface area contributed by atoms with Crippen molar-refractivity contribution >= 4 is 11.4 Å². The molecular formula is C11H16N2. The van der Waals surface area contributed by atoms with Gasteiger partial charge in [0.05, 0.1) is 0 Å². The van der Waals surface area contributed by atoms with E-state index in [9.17, 15) is 0 Å². The van der Waals surface area contributed by atoms with E-state index in [0.29, 0.717) is 0 Å². The number of benzene rings is 1. The van der Waals surface area contributed by atoms with E-state index in [1.807, 2.05) is 6.07 Å². The molecule has 2 rings (SSSR count). The molecule has 13 heavy (non-hydrogen) atoms. The highest BCUT2D eigenvalue weighted by Crippen LogP contribution is 2.29. The van der Waals surface area contributed by atoms with E-state index in [2.05, 4.69) is 31.0 Å². The molecule has 1 aromatic rings. The van der Waals surface area contributed by atoms with Crippen molar-refractivity contribution in [3.05, 3.63) is 23.8 Å². The molecule has 0 radical (unpaired) electrons. The first kappa shape index (κ1) is 8.42. The minimum atomic E-state index is 0.735. The molecule has 2 heteroatoms. The molecule has 0 spiro atoms. The van der Waals surface area contributed by atoms with Crippen LogP contribution in [0.5, 0.6) is 0 Å². The van der Waals surface area contributed by atoms with Crippen molar-refractivity contribution in [3.8, 4) is 0 Å². The van der Waals surface area contributed by atoms with Crippen LogP contribution in [0.3, 0.4) is 0 Å². The van der Waals surface area contributed by atoms with Gasteiger partial charge in [0.2, 0.25) is 0 Å². The number of hydrogen-bond donors (Lipinski definition) is 1. The summed E-state index contributed by atoms with van der Waals surface area (Å²) in [5.74, 6) is 0.735. The summed E-state index contributed by atoms with van der Waals surface area (Å²) in [5.41, 5.74) is 9.36. The number of nitrogens with zero attached hydrogens (tertiary/aromatic N) is 1. The molecule has 0 saturated carbocycles. The molecule has 1 heterocycles. The highest BCUT2D eigenvalue weighted by molar-refractivity contribution is 5.60. The lowest BCUT2D eigenvalue weighted by molar-refractivity contribution is 0.552. The van der Waals surface area contributed by atoms with Crippen LogP contribution in [0.1, 0.15) is 12.5 Å². The summed E-state index contributed by atoms with van der Waals surface area (Å²) >= 11 is 0. The van der Waals surface area contributed by atoms with Gasteiger partial charge in [-0.05, 0) is 36.1 Å². The minimum Gasteiger partial charge on any atom is -0.399 e. The predicted molar refractivity (Wildman–Crippen MR) is 57.0 cm³/mol. The lowest BCUT2D eigenvalue weighted by Crippen LogP contribution is -2.30. The standard InChI is InChI=1S/C11H16N2/c1-8-5-9-6-10(12)3-4-11(9)13(2)7-8/h3-4,6,8H,5,7,12H2,1-2H3. The maximum Gasteiger partial charge on any atom is 0.0397 e. The van der Waals surface area contributed by atoms with E-state index in [-0.39, 0.29) is 0 Å². The smallest absolute Gasteiger partial charge is 0.0397 e. The largest absolute Gasteiger partial charge is 0.399 e. The van der Waals surface area contributed by atoms with E-state index in [0.717, 1.165) is 24.6 Å². The Kier molecular flexibility index (Phi) is 1.91. The summed E-state index contributed by atoms with van der Waals surface area (Å²) < 4.78 is 0. The molecule has 0 aromatic heterocycles. The van der Waals surface area contributed by atoms with Crippen LogP contribution < -0.4 is 10.6 Å². The Balaban J connectivity index is 2.43. The van der Waals surface area contributed by atoms with Crippen LogP contribution in [0, 0.1) is 5.92 Å². The van der Waals surface area contributed by atoms with Gasteiger partial charge in [0.15, 0.2) is 0 Å². The number of rotatable bonds is 0. The Bertz CT molecular complexity index is 320. The fourth-order valence-corrected chi connectivity index (χ4v) is 2.15. The Hall–Kier alpha value is -1.18. The van der Waals surface area contributed by atoms with E-state index >= 15 is 0 Å². The number of nitrogens with two attached hydrogens (primary N) is 1. The average Bonchev–Trinajstić information content (AvgIpc) is 2.02. The molecule has 0 amide bonds. The SMILES string of the molecule is CC1Cc2cc(N)ccc2N(C)C1. The van der Waals surface area contributed by atoms with Gasteiger partial charge in [-0.15, -0.1) is 0 Å². The normalized spacial score (nSPS) is 21.4. The van der Waals surface area contributed by atoms with Gasteiger partial charge >= 0.3 is 0 Å². The third kappa shape index (κ3) is 1.48. The van der Waals surface area contributed by atoms with Crippen molar-refractivity contribution in [2.45, 2.75) is 13.3 Å². The van der Waals surface area contributed by atoms with Gasteiger partial charge in [-0.3, -0.25) is 0 Å². The topological polar surface area (TPSA) is 29.3 Å². The molecule has 1 atom stereocenters. The Morgan fingerprint density at radius 3 is 3.00 bits per heavy atom. The zero-order chi connectivity index (χ0) is 9.42. The van der Waals surface area contributed by atoms with E-state index in [1.165, 1.54) is 11.3 Å². The summed E-state index contributed by atoms with van der Waals surface area (Å²) in [4.78, 5) is 2.31. The van der Waals surface area contributed by atoms with Crippen LogP contribution in [0.25, 0.3) is 0 Å². The van der Waals surface area contributed by atoms with Crippen LogP contribution >= 0.6 is 0 Å². The van der Waals surface area contributed by atoms with Crippen LogP contribution in [0.15, 0.2) is 18.2 Å². The lowest BCUT2D eigenvalue weighted by Gasteiger charge is -2.31. The fraction of sp³-hybridized carbons (Fsp3) is 0.455. The molecule has 70 valence electrons. The van der Waals surface area contributed by atoms with Crippen molar-refractivity contribution in [3.63, 3.8) is 0 Å². The summed E-state index contributed by atoms with van der Waals surface area (Å²) in [5, 5.41) is 0. The third-order valence-corrected chi connectivity index (χ3v) is 2.67. The molecule has 1 unspecified atom stereocenters. The van der Waals surface area contributed by atoms with Crippen molar-refractivity contribution in [1.82, 2.24) is 0 Å². The van der Waals surface area contributed by atoms with Crippen molar-refractivity contribution < 1.29 is 0 Å². The monoisotopic (exact) mass is 176 g/mol. The van der Waals surface area contributed by atoms with Crippen LogP contribution in [-0.4, -0.2) is 13.6 Å². The molecule has 0 fully saturated rings. The fourth-order valence-electron chi connectivity index (χ4n) is 2.15. The second-order valence-electron chi connectivity index (χ2n) is 4.08. The number of anilines is 2. The van der Waals surface area contributed by atoms with Gasteiger partial charge in [-0.2, -0.15) is 0 Å². The molecule has 2 N–H and O–H groups in total. The van der Waals surface area contributed by atoms with Crippen molar-refractivity contribution in [1.29, 1.82) is 0 Å². The van der Waals surface area contributed by atoms with Crippen LogP contribution in [0.2, 0.25) is 0 Å². The van der Waals surface area contributed by atoms with Crippen LogP contribution in [-0.2, 0) is 6.42 Å². The highest BCUT2D eigenvalue weighted by atomic mass is 15.1. The first-order valence-corrected chi connectivity index (χ1v) is 4.76. The summed E-state index contributed by atoms with van der Waals surface area (Å²) in [6, 6.07) is 6.20. The summed E-state index contributed by atoms with van der Waals surface area (Å²) in [7, 11) is 2.14. The van der Waals surface area contributed by atoms with Crippen molar-refractivity contribution in [2.75, 3.05) is 24.2 Å².